The van der Waals surface area contributed by atoms with E-state index < -0.39 is 12.0 Å². The van der Waals surface area contributed by atoms with E-state index in [2.05, 4.69) is 5.32 Å². The second-order valence-corrected chi connectivity index (χ2v) is 5.41. The van der Waals surface area contributed by atoms with E-state index >= 15 is 0 Å². The van der Waals surface area contributed by atoms with Crippen LogP contribution in [-0.2, 0) is 9.59 Å². The number of amides is 1. The molecule has 6 nitrogen and oxygen atoms in total. The highest BCUT2D eigenvalue weighted by atomic mass is 16.5. The van der Waals surface area contributed by atoms with Crippen molar-refractivity contribution in [3.05, 3.63) is 35.9 Å². The van der Waals surface area contributed by atoms with Gasteiger partial charge < -0.3 is 19.9 Å². The molecule has 23 heavy (non-hydrogen) atoms. The summed E-state index contributed by atoms with van der Waals surface area (Å²) in [6.45, 7) is 0. The highest BCUT2D eigenvalue weighted by Gasteiger charge is 2.25. The van der Waals surface area contributed by atoms with Gasteiger partial charge in [-0.05, 0) is 30.5 Å². The Bertz CT molecular complexity index is 603. The molecule has 0 aromatic heterocycles. The molecule has 0 aliphatic heterocycles. The van der Waals surface area contributed by atoms with E-state index in [-0.39, 0.29) is 18.2 Å². The normalized spacial score (nSPS) is 15.2. The summed E-state index contributed by atoms with van der Waals surface area (Å²) in [4.78, 5) is 23.4. The van der Waals surface area contributed by atoms with Crippen LogP contribution in [0.25, 0.3) is 0 Å². The summed E-state index contributed by atoms with van der Waals surface area (Å²) in [6, 6.07) is 4.52. The Hall–Kier alpha value is -2.50. The average Bonchev–Trinajstić information content (AvgIpc) is 3.07. The third-order valence-corrected chi connectivity index (χ3v) is 3.88. The number of allylic oxidation sites excluding steroid dienone is 2. The first-order valence-corrected chi connectivity index (χ1v) is 7.44. The highest BCUT2D eigenvalue weighted by Crippen LogP contribution is 2.31. The van der Waals surface area contributed by atoms with Gasteiger partial charge in [0, 0.05) is 5.92 Å². The van der Waals surface area contributed by atoms with Crippen LogP contribution in [0.5, 0.6) is 11.5 Å². The molecule has 0 saturated heterocycles. The summed E-state index contributed by atoms with van der Waals surface area (Å²) < 4.78 is 10.4. The van der Waals surface area contributed by atoms with Crippen LogP contribution in [-0.4, -0.2) is 31.2 Å². The molecule has 1 aliphatic rings. The SMILES string of the molecule is COc1ccc(C(CC(=O)O)NC(=O)C2CC=CC2)cc1OC. The van der Waals surface area contributed by atoms with Crippen LogP contribution in [0.15, 0.2) is 30.4 Å². The fourth-order valence-corrected chi connectivity index (χ4v) is 2.62. The van der Waals surface area contributed by atoms with Crippen LogP contribution in [0, 0.1) is 5.92 Å². The molecule has 6 heteroatoms. The number of carboxylic acids is 1. The van der Waals surface area contributed by atoms with Crippen LogP contribution in [0.3, 0.4) is 0 Å². The number of nitrogens with one attached hydrogen (secondary N) is 1. The molecule has 0 bridgehead atoms. The Morgan fingerprint density at radius 1 is 1.22 bits per heavy atom. The van der Waals surface area contributed by atoms with Crippen LogP contribution >= 0.6 is 0 Å². The molecule has 0 spiro atoms. The summed E-state index contributed by atoms with van der Waals surface area (Å²) in [7, 11) is 3.04. The van der Waals surface area contributed by atoms with Gasteiger partial charge in [-0.3, -0.25) is 9.59 Å². The Morgan fingerprint density at radius 2 is 1.87 bits per heavy atom. The zero-order valence-electron chi connectivity index (χ0n) is 13.2. The molecule has 1 amide bonds. The van der Waals surface area contributed by atoms with Crippen LogP contribution < -0.4 is 14.8 Å². The number of aliphatic carboxylic acids is 1. The molecule has 124 valence electrons. The first-order valence-electron chi connectivity index (χ1n) is 7.44. The molecule has 1 unspecified atom stereocenters. The lowest BCUT2D eigenvalue weighted by atomic mass is 10.0. The maximum atomic E-state index is 12.3. The quantitative estimate of drug-likeness (QED) is 0.753. The van der Waals surface area contributed by atoms with Gasteiger partial charge in [-0.2, -0.15) is 0 Å². The van der Waals surface area contributed by atoms with Crippen molar-refractivity contribution in [3.8, 4) is 11.5 Å². The van der Waals surface area contributed by atoms with Crippen molar-refractivity contribution in [3.63, 3.8) is 0 Å². The molecular weight excluding hydrogens is 298 g/mol. The van der Waals surface area contributed by atoms with E-state index in [0.29, 0.717) is 29.9 Å². The first-order chi connectivity index (χ1) is 11.0. The van der Waals surface area contributed by atoms with Crippen LogP contribution in [0.4, 0.5) is 0 Å². The number of carbonyl (C=O) groups excluding carboxylic acids is 1. The van der Waals surface area contributed by atoms with Gasteiger partial charge in [0.05, 0.1) is 26.7 Å². The Kier molecular flexibility index (Phi) is 5.62. The molecule has 0 heterocycles. The van der Waals surface area contributed by atoms with E-state index in [0.717, 1.165) is 0 Å². The number of carboxylic acid groups (broad SMARTS) is 1. The number of hydrogen-bond donors (Lipinski definition) is 2. The van der Waals surface area contributed by atoms with Crippen molar-refractivity contribution in [2.75, 3.05) is 14.2 Å². The van der Waals surface area contributed by atoms with Crippen LogP contribution in [0.2, 0.25) is 0 Å². The minimum atomic E-state index is -0.977. The van der Waals surface area contributed by atoms with Crippen molar-refractivity contribution in [2.45, 2.75) is 25.3 Å². The maximum absolute atomic E-state index is 12.3. The van der Waals surface area contributed by atoms with E-state index in [1.807, 2.05) is 12.2 Å². The van der Waals surface area contributed by atoms with Crippen molar-refractivity contribution in [1.29, 1.82) is 0 Å². The summed E-state index contributed by atoms with van der Waals surface area (Å²) in [5, 5.41) is 12.0. The lowest BCUT2D eigenvalue weighted by Gasteiger charge is -2.21. The maximum Gasteiger partial charge on any atom is 0.305 e. The Morgan fingerprint density at radius 3 is 2.43 bits per heavy atom. The second kappa shape index (κ2) is 7.67. The van der Waals surface area contributed by atoms with Crippen molar-refractivity contribution >= 4 is 11.9 Å². The smallest absolute Gasteiger partial charge is 0.305 e. The first kappa shape index (κ1) is 16.9. The summed E-state index contributed by atoms with van der Waals surface area (Å²) in [6.07, 6.45) is 5.12. The molecule has 0 radical (unpaired) electrons. The van der Waals surface area contributed by atoms with Crippen molar-refractivity contribution < 1.29 is 24.2 Å². The van der Waals surface area contributed by atoms with Gasteiger partial charge in [-0.1, -0.05) is 18.2 Å². The molecule has 1 aliphatic carbocycles. The number of benzene rings is 1. The third-order valence-electron chi connectivity index (χ3n) is 3.88. The Labute approximate surface area is 135 Å². The van der Waals surface area contributed by atoms with Gasteiger partial charge in [0.15, 0.2) is 11.5 Å². The number of hydrogen-bond acceptors (Lipinski definition) is 4. The molecule has 2 rings (SSSR count). The van der Waals surface area contributed by atoms with E-state index in [9.17, 15) is 9.59 Å². The third kappa shape index (κ3) is 4.25. The minimum Gasteiger partial charge on any atom is -0.493 e. The van der Waals surface area contributed by atoms with Gasteiger partial charge in [0.25, 0.3) is 0 Å². The molecular formula is C17H21NO5. The van der Waals surface area contributed by atoms with Crippen molar-refractivity contribution in [2.24, 2.45) is 5.92 Å². The number of methoxy groups -OCH3 is 2. The molecule has 1 aromatic carbocycles. The summed E-state index contributed by atoms with van der Waals surface area (Å²) in [5.41, 5.74) is 0.671. The molecule has 1 atom stereocenters. The molecule has 2 N–H and O–H groups in total. The summed E-state index contributed by atoms with van der Waals surface area (Å²) in [5.74, 6) is -0.175. The predicted octanol–water partition coefficient (Wildman–Crippen LogP) is 2.30. The lowest BCUT2D eigenvalue weighted by molar-refractivity contribution is -0.137. The van der Waals surface area contributed by atoms with Crippen molar-refractivity contribution in [1.82, 2.24) is 5.32 Å². The van der Waals surface area contributed by atoms with Crippen LogP contribution in [0.1, 0.15) is 30.9 Å². The average molecular weight is 319 g/mol. The molecule has 0 saturated carbocycles. The molecule has 0 fully saturated rings. The Balaban J connectivity index is 2.20. The van der Waals surface area contributed by atoms with E-state index in [4.69, 9.17) is 14.6 Å². The van der Waals surface area contributed by atoms with Gasteiger partial charge in [0.2, 0.25) is 5.91 Å². The zero-order chi connectivity index (χ0) is 16.8. The van der Waals surface area contributed by atoms with Gasteiger partial charge >= 0.3 is 5.97 Å². The number of ether oxygens (including phenoxy) is 2. The van der Waals surface area contributed by atoms with E-state index in [1.165, 1.54) is 14.2 Å². The molecule has 1 aromatic rings. The standard InChI is InChI=1S/C17H21NO5/c1-22-14-8-7-12(9-15(14)23-2)13(10-16(19)20)18-17(21)11-5-3-4-6-11/h3-4,7-9,11,13H,5-6,10H2,1-2H3,(H,18,21)(H,19,20). The van der Waals surface area contributed by atoms with Gasteiger partial charge in [-0.25, -0.2) is 0 Å². The largest absolute Gasteiger partial charge is 0.493 e. The highest BCUT2D eigenvalue weighted by molar-refractivity contribution is 5.80. The number of carbonyl (C=O) groups is 2. The van der Waals surface area contributed by atoms with Gasteiger partial charge in [0.1, 0.15) is 0 Å². The zero-order valence-corrected chi connectivity index (χ0v) is 13.2. The minimum absolute atomic E-state index is 0.119. The fourth-order valence-electron chi connectivity index (χ4n) is 2.62. The van der Waals surface area contributed by atoms with E-state index in [1.54, 1.807) is 18.2 Å². The predicted molar refractivity (Wildman–Crippen MR) is 84.5 cm³/mol. The monoisotopic (exact) mass is 319 g/mol. The fraction of sp³-hybridized carbons (Fsp3) is 0.412. The second-order valence-electron chi connectivity index (χ2n) is 5.41. The topological polar surface area (TPSA) is 84.9 Å². The van der Waals surface area contributed by atoms with Gasteiger partial charge in [-0.15, -0.1) is 0 Å². The summed E-state index contributed by atoms with van der Waals surface area (Å²) >= 11 is 0. The lowest BCUT2D eigenvalue weighted by Crippen LogP contribution is -2.34. The number of rotatable bonds is 7.